The Bertz CT molecular complexity index is 1810. The highest BCUT2D eigenvalue weighted by Gasteiger charge is 2.05. The van der Waals surface area contributed by atoms with E-state index in [9.17, 15) is 14.5 Å². The van der Waals surface area contributed by atoms with Gasteiger partial charge in [-0.05, 0) is 81.2 Å². The van der Waals surface area contributed by atoms with Gasteiger partial charge in [0.25, 0.3) is 5.56 Å². The number of thioether (sulfide) groups is 2. The zero-order valence-electron chi connectivity index (χ0n) is 27.1. The van der Waals surface area contributed by atoms with Gasteiger partial charge in [0.2, 0.25) is 5.88 Å². The van der Waals surface area contributed by atoms with E-state index in [1.54, 1.807) is 14.2 Å². The van der Waals surface area contributed by atoms with E-state index in [0.717, 1.165) is 34.4 Å². The number of aromatic nitrogens is 4. The standard InChI is InChI=1S/C12H10Cl2N2OS.C12H12N2O3S.C8H11N.Cl3OP/c1-17-9-4-2-8(3-5-9)7-18-12-15-10(13)6-11(14)16-12;1-17-9-4-2-8(3-5-9)7-18-12-13-10(15)6-11(16)14-12;1-9(2)8-6-4-3-5-7-8;1-5(2,3)4/h2-6H,7H2,1H3;2-6H,7H2,1H3,(H2,13,14,15,16);3-7H,1-2H3;. The second-order valence-corrected chi connectivity index (χ2v) is 18.9. The van der Waals surface area contributed by atoms with Crippen LogP contribution in [-0.2, 0) is 16.1 Å². The minimum atomic E-state index is -3.22. The summed E-state index contributed by atoms with van der Waals surface area (Å²) in [6.07, 6.45) is 0. The molecule has 0 amide bonds. The lowest BCUT2D eigenvalue weighted by Gasteiger charge is -2.10. The average Bonchev–Trinajstić information content (AvgIpc) is 3.06. The summed E-state index contributed by atoms with van der Waals surface area (Å²) >= 11 is 28.3. The lowest BCUT2D eigenvalue weighted by molar-refractivity contribution is 0.414. The summed E-state index contributed by atoms with van der Waals surface area (Å²) in [4.78, 5) is 27.8. The van der Waals surface area contributed by atoms with Gasteiger partial charge in [-0.15, -0.1) is 0 Å². The van der Waals surface area contributed by atoms with Crippen LogP contribution in [0.2, 0.25) is 10.3 Å². The molecule has 268 valence electrons. The molecule has 18 heteroatoms. The lowest BCUT2D eigenvalue weighted by Crippen LogP contribution is -2.07. The largest absolute Gasteiger partial charge is 0.497 e. The number of hydrogen-bond donors (Lipinski definition) is 2. The molecule has 0 fully saturated rings. The van der Waals surface area contributed by atoms with Crippen LogP contribution < -0.4 is 19.9 Å². The maximum atomic E-state index is 11.1. The maximum Gasteiger partial charge on any atom is 0.339 e. The number of halogens is 5. The number of aromatic hydroxyl groups is 1. The minimum Gasteiger partial charge on any atom is -0.497 e. The summed E-state index contributed by atoms with van der Waals surface area (Å²) in [6.45, 7) is 0. The van der Waals surface area contributed by atoms with Gasteiger partial charge >= 0.3 is 5.20 Å². The van der Waals surface area contributed by atoms with Gasteiger partial charge in [-0.25, -0.2) is 9.97 Å². The van der Waals surface area contributed by atoms with Crippen molar-refractivity contribution >= 4 is 91.3 Å². The first kappa shape index (κ1) is 43.4. The Morgan fingerprint density at radius 2 is 1.22 bits per heavy atom. The first-order valence-electron chi connectivity index (χ1n) is 14.1. The van der Waals surface area contributed by atoms with E-state index in [4.69, 9.17) is 32.7 Å². The van der Waals surface area contributed by atoms with E-state index >= 15 is 0 Å². The molecule has 0 spiro atoms. The van der Waals surface area contributed by atoms with Crippen LogP contribution in [0.25, 0.3) is 0 Å². The van der Waals surface area contributed by atoms with Crippen molar-refractivity contribution in [3.05, 3.63) is 123 Å². The Kier molecular flexibility index (Phi) is 19.9. The third kappa shape index (κ3) is 19.6. The molecule has 0 aliphatic carbocycles. The molecule has 3 aromatic carbocycles. The summed E-state index contributed by atoms with van der Waals surface area (Å²) < 4.78 is 19.7. The number of anilines is 1. The molecular formula is C32H33Cl5N5O5PS2. The Morgan fingerprint density at radius 3 is 1.62 bits per heavy atom. The van der Waals surface area contributed by atoms with Crippen molar-refractivity contribution < 1.29 is 19.1 Å². The predicted octanol–water partition coefficient (Wildman–Crippen LogP) is 10.4. The van der Waals surface area contributed by atoms with Crippen molar-refractivity contribution in [2.75, 3.05) is 33.2 Å². The van der Waals surface area contributed by atoms with E-state index in [1.807, 2.05) is 80.8 Å². The maximum absolute atomic E-state index is 11.1. The number of methoxy groups -OCH3 is 2. The van der Waals surface area contributed by atoms with Crippen LogP contribution in [0.5, 0.6) is 17.4 Å². The summed E-state index contributed by atoms with van der Waals surface area (Å²) in [5.74, 6) is 2.77. The van der Waals surface area contributed by atoms with Crippen LogP contribution in [0.15, 0.2) is 106 Å². The molecule has 5 aromatic rings. The molecular weight excluding hydrogens is 807 g/mol. The second kappa shape index (κ2) is 22.9. The molecule has 0 unspecified atom stereocenters. The van der Waals surface area contributed by atoms with E-state index in [0.29, 0.717) is 26.4 Å². The fourth-order valence-corrected chi connectivity index (χ4v) is 5.56. The zero-order chi connectivity index (χ0) is 37.1. The molecule has 50 heavy (non-hydrogen) atoms. The van der Waals surface area contributed by atoms with Gasteiger partial charge in [-0.2, -0.15) is 4.98 Å². The molecule has 0 bridgehead atoms. The van der Waals surface area contributed by atoms with Gasteiger partial charge in [0.1, 0.15) is 21.8 Å². The molecule has 2 heterocycles. The normalized spacial score (nSPS) is 10.3. The SMILES string of the molecule is CN(C)c1ccccc1.COc1ccc(CSc2nc(Cl)cc(Cl)n2)cc1.COc1ccc(CSc2nc(O)cc(=O)[nH]2)cc1.O=P(Cl)(Cl)Cl. The molecule has 2 N–H and O–H groups in total. The fourth-order valence-electron chi connectivity index (χ4n) is 3.40. The number of hydrogen-bond acceptors (Lipinski definition) is 11. The number of nitrogens with zero attached hydrogens (tertiary/aromatic N) is 4. The molecule has 0 saturated heterocycles. The van der Waals surface area contributed by atoms with Crippen molar-refractivity contribution in [1.82, 2.24) is 19.9 Å². The Morgan fingerprint density at radius 1 is 0.760 bits per heavy atom. The van der Waals surface area contributed by atoms with Gasteiger partial charge in [-0.3, -0.25) is 9.36 Å². The molecule has 0 atom stereocenters. The first-order chi connectivity index (χ1) is 23.6. The molecule has 5 rings (SSSR count). The minimum absolute atomic E-state index is 0.268. The molecule has 0 radical (unpaired) electrons. The Labute approximate surface area is 323 Å². The summed E-state index contributed by atoms with van der Waals surface area (Å²) in [5, 5.41) is 7.66. The van der Waals surface area contributed by atoms with Crippen LogP contribution in [-0.4, -0.2) is 53.4 Å². The number of ether oxygens (including phenoxy) is 2. The van der Waals surface area contributed by atoms with E-state index < -0.39 is 5.20 Å². The highest BCUT2D eigenvalue weighted by atomic mass is 36.0. The van der Waals surface area contributed by atoms with Crippen LogP contribution in [0.3, 0.4) is 0 Å². The summed E-state index contributed by atoms with van der Waals surface area (Å²) in [7, 11) is 7.33. The van der Waals surface area contributed by atoms with E-state index in [2.05, 4.69) is 70.7 Å². The second-order valence-electron chi connectivity index (χ2n) is 9.61. The average molecular weight is 840 g/mol. The van der Waals surface area contributed by atoms with Crippen LogP contribution >= 0.6 is 85.6 Å². The van der Waals surface area contributed by atoms with Crippen molar-refractivity contribution in [2.24, 2.45) is 0 Å². The quantitative estimate of drug-likeness (QED) is 0.0637. The molecule has 0 aliphatic heterocycles. The van der Waals surface area contributed by atoms with Crippen LogP contribution in [0.1, 0.15) is 11.1 Å². The number of H-pyrrole nitrogens is 1. The fraction of sp³-hybridized carbons (Fsp3) is 0.188. The van der Waals surface area contributed by atoms with Crippen LogP contribution in [0, 0.1) is 0 Å². The van der Waals surface area contributed by atoms with Crippen molar-refractivity contribution in [2.45, 2.75) is 21.8 Å². The smallest absolute Gasteiger partial charge is 0.339 e. The monoisotopic (exact) mass is 837 g/mol. The topological polar surface area (TPSA) is 131 Å². The van der Waals surface area contributed by atoms with Gasteiger partial charge in [0.05, 0.1) is 20.3 Å². The van der Waals surface area contributed by atoms with E-state index in [1.165, 1.54) is 35.3 Å². The number of rotatable bonds is 9. The number of nitrogens with one attached hydrogen (secondary N) is 1. The number of aromatic amines is 1. The summed E-state index contributed by atoms with van der Waals surface area (Å²) in [5.41, 5.74) is 3.12. The van der Waals surface area contributed by atoms with Gasteiger partial charge < -0.3 is 24.5 Å². The van der Waals surface area contributed by atoms with Crippen molar-refractivity contribution in [3.63, 3.8) is 0 Å². The van der Waals surface area contributed by atoms with Crippen LogP contribution in [0.4, 0.5) is 5.69 Å². The highest BCUT2D eigenvalue weighted by Crippen LogP contribution is 2.61. The predicted molar refractivity (Wildman–Crippen MR) is 210 cm³/mol. The Balaban J connectivity index is 0.000000254. The lowest BCUT2D eigenvalue weighted by atomic mass is 10.2. The third-order valence-corrected chi connectivity index (χ3v) is 7.93. The molecule has 0 aliphatic rings. The first-order valence-corrected chi connectivity index (χ1v) is 21.2. The highest BCUT2D eigenvalue weighted by molar-refractivity contribution is 8.24. The van der Waals surface area contributed by atoms with Crippen molar-refractivity contribution in [3.8, 4) is 17.4 Å². The number of para-hydroxylation sites is 1. The van der Waals surface area contributed by atoms with Gasteiger partial charge in [-0.1, -0.05) is 89.2 Å². The van der Waals surface area contributed by atoms with E-state index in [-0.39, 0.29) is 11.4 Å². The summed E-state index contributed by atoms with van der Waals surface area (Å²) in [6, 6.07) is 28.3. The molecule has 0 saturated carbocycles. The van der Waals surface area contributed by atoms with Gasteiger partial charge in [0, 0.05) is 37.4 Å². The third-order valence-electron chi connectivity index (χ3n) is 5.68. The molecule has 10 nitrogen and oxygen atoms in total. The van der Waals surface area contributed by atoms with Crippen molar-refractivity contribution in [1.29, 1.82) is 0 Å². The van der Waals surface area contributed by atoms with Gasteiger partial charge in [0.15, 0.2) is 10.3 Å². The molecule has 2 aromatic heterocycles. The Hall–Kier alpha value is -2.80. The zero-order valence-corrected chi connectivity index (χ0v) is 33.4. The number of benzene rings is 3.